The lowest BCUT2D eigenvalue weighted by Crippen LogP contribution is -2.35. The van der Waals surface area contributed by atoms with Crippen molar-refractivity contribution in [2.24, 2.45) is 0 Å². The van der Waals surface area contributed by atoms with Crippen molar-refractivity contribution in [3.8, 4) is 17.1 Å². The summed E-state index contributed by atoms with van der Waals surface area (Å²) in [6, 6.07) is 14.8. The Kier molecular flexibility index (Phi) is 5.70. The van der Waals surface area contributed by atoms with Crippen molar-refractivity contribution < 1.29 is 14.3 Å². The summed E-state index contributed by atoms with van der Waals surface area (Å²) >= 11 is 0. The summed E-state index contributed by atoms with van der Waals surface area (Å²) in [4.78, 5) is 35.3. The lowest BCUT2D eigenvalue weighted by Gasteiger charge is -2.28. The van der Waals surface area contributed by atoms with Gasteiger partial charge in [-0.15, -0.1) is 0 Å². The molecular formula is C23H22N4O3. The first-order valence-electron chi connectivity index (χ1n) is 9.83. The molecule has 1 aromatic heterocycles. The summed E-state index contributed by atoms with van der Waals surface area (Å²) in [5, 5.41) is 2.85. The largest absolute Gasteiger partial charge is 0.495 e. The number of rotatable bonds is 5. The molecule has 1 fully saturated rings. The fraction of sp³-hybridized carbons (Fsp3) is 0.217. The lowest BCUT2D eigenvalue weighted by molar-refractivity contribution is -0.119. The second-order valence-electron chi connectivity index (χ2n) is 7.00. The van der Waals surface area contributed by atoms with Gasteiger partial charge in [-0.3, -0.25) is 9.59 Å². The third-order valence-corrected chi connectivity index (χ3v) is 5.00. The summed E-state index contributed by atoms with van der Waals surface area (Å²) in [5.41, 5.74) is 2.47. The first-order valence-corrected chi connectivity index (χ1v) is 9.83. The van der Waals surface area contributed by atoms with E-state index in [1.807, 2.05) is 30.3 Å². The molecule has 0 unspecified atom stereocenters. The van der Waals surface area contributed by atoms with E-state index >= 15 is 0 Å². The van der Waals surface area contributed by atoms with Crippen LogP contribution in [0.5, 0.6) is 5.75 Å². The van der Waals surface area contributed by atoms with E-state index in [1.165, 1.54) is 12.4 Å². The van der Waals surface area contributed by atoms with Crippen LogP contribution in [-0.4, -0.2) is 35.4 Å². The normalized spacial score (nSPS) is 13.8. The van der Waals surface area contributed by atoms with Gasteiger partial charge in [0.25, 0.3) is 5.91 Å². The molecule has 1 N–H and O–H groups in total. The van der Waals surface area contributed by atoms with Crippen molar-refractivity contribution in [2.45, 2.75) is 19.3 Å². The van der Waals surface area contributed by atoms with E-state index in [-0.39, 0.29) is 11.8 Å². The zero-order chi connectivity index (χ0) is 20.9. The number of methoxy groups -OCH3 is 1. The fourth-order valence-electron chi connectivity index (χ4n) is 3.42. The second kappa shape index (κ2) is 8.73. The fourth-order valence-corrected chi connectivity index (χ4v) is 3.42. The summed E-state index contributed by atoms with van der Waals surface area (Å²) in [7, 11) is 1.57. The van der Waals surface area contributed by atoms with Crippen molar-refractivity contribution in [3.63, 3.8) is 0 Å². The van der Waals surface area contributed by atoms with Crippen LogP contribution in [0.25, 0.3) is 11.4 Å². The number of carbonyl (C=O) groups is 2. The highest BCUT2D eigenvalue weighted by molar-refractivity contribution is 6.04. The zero-order valence-corrected chi connectivity index (χ0v) is 16.7. The van der Waals surface area contributed by atoms with Gasteiger partial charge in [-0.2, -0.15) is 0 Å². The molecule has 1 aliphatic rings. The van der Waals surface area contributed by atoms with Crippen LogP contribution in [0.15, 0.2) is 60.9 Å². The van der Waals surface area contributed by atoms with Crippen LogP contribution in [0.3, 0.4) is 0 Å². The van der Waals surface area contributed by atoms with Gasteiger partial charge in [0, 0.05) is 36.6 Å². The minimum atomic E-state index is -0.323. The van der Waals surface area contributed by atoms with E-state index in [2.05, 4.69) is 15.3 Å². The molecule has 0 spiro atoms. The monoisotopic (exact) mass is 402 g/mol. The van der Waals surface area contributed by atoms with Gasteiger partial charge in [0.05, 0.1) is 18.4 Å². The van der Waals surface area contributed by atoms with Crippen molar-refractivity contribution in [2.75, 3.05) is 23.9 Å². The lowest BCUT2D eigenvalue weighted by atomic mass is 10.1. The van der Waals surface area contributed by atoms with Crippen molar-refractivity contribution in [1.82, 2.24) is 9.97 Å². The molecule has 7 heteroatoms. The zero-order valence-electron chi connectivity index (χ0n) is 16.7. The number of piperidine rings is 1. The van der Waals surface area contributed by atoms with Gasteiger partial charge in [0.2, 0.25) is 5.91 Å². The Bertz CT molecular complexity index is 1050. The highest BCUT2D eigenvalue weighted by Crippen LogP contribution is 2.33. The minimum Gasteiger partial charge on any atom is -0.495 e. The molecule has 30 heavy (non-hydrogen) atoms. The Labute approximate surface area is 174 Å². The van der Waals surface area contributed by atoms with Crippen LogP contribution in [0.4, 0.5) is 11.4 Å². The third kappa shape index (κ3) is 4.15. The number of nitrogens with zero attached hydrogens (tertiary/aromatic N) is 3. The Hall–Kier alpha value is -3.74. The smallest absolute Gasteiger partial charge is 0.258 e. The molecule has 0 bridgehead atoms. The summed E-state index contributed by atoms with van der Waals surface area (Å²) in [5.74, 6) is 0.893. The van der Waals surface area contributed by atoms with Crippen LogP contribution in [-0.2, 0) is 4.79 Å². The summed E-state index contributed by atoms with van der Waals surface area (Å²) in [6.07, 6.45) is 5.36. The number of amides is 2. The van der Waals surface area contributed by atoms with Crippen molar-refractivity contribution >= 4 is 23.2 Å². The number of ether oxygens (including phenoxy) is 1. The molecule has 0 radical (unpaired) electrons. The molecule has 2 aromatic carbocycles. The van der Waals surface area contributed by atoms with Crippen LogP contribution in [0.2, 0.25) is 0 Å². The van der Waals surface area contributed by atoms with Crippen molar-refractivity contribution in [3.05, 3.63) is 66.5 Å². The standard InChI is InChI=1S/C23H22N4O3/c1-30-20-11-10-18(13-19(20)27-12-6-5-9-21(27)28)26-23(29)17-14-24-22(25-15-17)16-7-3-2-4-8-16/h2-4,7-8,10-11,13-15H,5-6,9,12H2,1H3,(H,26,29). The second-order valence-corrected chi connectivity index (χ2v) is 7.00. The molecule has 0 atom stereocenters. The van der Waals surface area contributed by atoms with E-state index in [0.717, 1.165) is 18.4 Å². The van der Waals surface area contributed by atoms with Crippen LogP contribution in [0.1, 0.15) is 29.6 Å². The van der Waals surface area contributed by atoms with Gasteiger partial charge in [0.1, 0.15) is 5.75 Å². The molecule has 1 aliphatic heterocycles. The molecular weight excluding hydrogens is 380 g/mol. The Morgan fingerprint density at radius 1 is 1.07 bits per heavy atom. The number of nitrogens with one attached hydrogen (secondary N) is 1. The molecule has 7 nitrogen and oxygen atoms in total. The molecule has 3 aromatic rings. The number of aromatic nitrogens is 2. The first kappa shape index (κ1) is 19.6. The maximum atomic E-state index is 12.7. The molecule has 0 aliphatic carbocycles. The SMILES string of the molecule is COc1ccc(NC(=O)c2cnc(-c3ccccc3)nc2)cc1N1CCCCC1=O. The maximum Gasteiger partial charge on any atom is 0.258 e. The van der Waals surface area contributed by atoms with Crippen molar-refractivity contribution in [1.29, 1.82) is 0 Å². The van der Waals surface area contributed by atoms with Gasteiger partial charge >= 0.3 is 0 Å². The quantitative estimate of drug-likeness (QED) is 0.699. The molecule has 4 rings (SSSR count). The van der Waals surface area contributed by atoms with Gasteiger partial charge < -0.3 is 15.0 Å². The summed E-state index contributed by atoms with van der Waals surface area (Å²) in [6.45, 7) is 0.640. The third-order valence-electron chi connectivity index (χ3n) is 5.00. The van der Waals surface area contributed by atoms with Gasteiger partial charge in [-0.25, -0.2) is 9.97 Å². The topological polar surface area (TPSA) is 84.4 Å². The predicted molar refractivity (Wildman–Crippen MR) is 115 cm³/mol. The van der Waals surface area contributed by atoms with E-state index in [4.69, 9.17) is 4.74 Å². The number of carbonyl (C=O) groups excluding carboxylic acids is 2. The Morgan fingerprint density at radius 3 is 2.53 bits per heavy atom. The molecule has 2 heterocycles. The van der Waals surface area contributed by atoms with Crippen LogP contribution >= 0.6 is 0 Å². The Morgan fingerprint density at radius 2 is 1.83 bits per heavy atom. The van der Waals surface area contributed by atoms with E-state index in [0.29, 0.717) is 41.5 Å². The van der Waals surface area contributed by atoms with Crippen LogP contribution in [0, 0.1) is 0 Å². The number of hydrogen-bond acceptors (Lipinski definition) is 5. The van der Waals surface area contributed by atoms with Gasteiger partial charge in [0.15, 0.2) is 5.82 Å². The molecule has 2 amide bonds. The van der Waals surface area contributed by atoms with Gasteiger partial charge in [-0.05, 0) is 31.0 Å². The highest BCUT2D eigenvalue weighted by atomic mass is 16.5. The first-order chi connectivity index (χ1) is 14.7. The minimum absolute atomic E-state index is 0.0629. The maximum absolute atomic E-state index is 12.7. The van der Waals surface area contributed by atoms with E-state index in [1.54, 1.807) is 30.2 Å². The van der Waals surface area contributed by atoms with Gasteiger partial charge in [-0.1, -0.05) is 30.3 Å². The molecule has 152 valence electrons. The van der Waals surface area contributed by atoms with E-state index < -0.39 is 0 Å². The predicted octanol–water partition coefficient (Wildman–Crippen LogP) is 3.92. The number of hydrogen-bond donors (Lipinski definition) is 1. The molecule has 1 saturated heterocycles. The average Bonchev–Trinajstić information content (AvgIpc) is 2.80. The van der Waals surface area contributed by atoms with Crippen LogP contribution < -0.4 is 15.0 Å². The van der Waals surface area contributed by atoms with E-state index in [9.17, 15) is 9.59 Å². The number of anilines is 2. The summed E-state index contributed by atoms with van der Waals surface area (Å²) < 4.78 is 5.42. The Balaban J connectivity index is 1.53. The highest BCUT2D eigenvalue weighted by Gasteiger charge is 2.23. The number of benzene rings is 2. The average molecular weight is 402 g/mol. The molecule has 0 saturated carbocycles.